The van der Waals surface area contributed by atoms with E-state index < -0.39 is 0 Å². The number of hydrogen-bond donors (Lipinski definition) is 2. The molecule has 0 atom stereocenters. The maximum Gasteiger partial charge on any atom is 0.115 e. The number of hydrogen-bond acceptors (Lipinski definition) is 5. The summed E-state index contributed by atoms with van der Waals surface area (Å²) in [7, 11) is 0. The van der Waals surface area contributed by atoms with Gasteiger partial charge in [-0.1, -0.05) is 5.21 Å². The zero-order valence-electron chi connectivity index (χ0n) is 10.2. The van der Waals surface area contributed by atoms with Crippen LogP contribution in [0.1, 0.15) is 0 Å². The van der Waals surface area contributed by atoms with Crippen LogP contribution < -0.4 is 10.2 Å². The highest BCUT2D eigenvalue weighted by atomic mass is 16.3. The van der Waals surface area contributed by atoms with Gasteiger partial charge < -0.3 is 15.3 Å². The molecule has 1 aromatic heterocycles. The van der Waals surface area contributed by atoms with E-state index in [0.29, 0.717) is 6.54 Å². The Morgan fingerprint density at radius 2 is 2.11 bits per heavy atom. The first kappa shape index (κ1) is 11.4. The normalized spacial score (nSPS) is 16.4. The first-order valence-corrected chi connectivity index (χ1v) is 6.28. The van der Waals surface area contributed by atoms with Crippen LogP contribution in [0.3, 0.4) is 0 Å². The van der Waals surface area contributed by atoms with E-state index >= 15 is 0 Å². The van der Waals surface area contributed by atoms with Crippen LogP contribution in [0.4, 0.5) is 5.69 Å². The van der Waals surface area contributed by atoms with Crippen molar-refractivity contribution in [3.63, 3.8) is 0 Å². The van der Waals surface area contributed by atoms with Crippen LogP contribution in [0.25, 0.3) is 11.0 Å². The Bertz CT molecular complexity index is 532. The van der Waals surface area contributed by atoms with Crippen molar-refractivity contribution in [2.45, 2.75) is 6.54 Å². The van der Waals surface area contributed by atoms with Gasteiger partial charge in [0.1, 0.15) is 5.52 Å². The highest BCUT2D eigenvalue weighted by Gasteiger charge is 2.12. The third kappa shape index (κ3) is 2.04. The predicted molar refractivity (Wildman–Crippen MR) is 69.7 cm³/mol. The topological polar surface area (TPSA) is 66.2 Å². The number of aliphatic hydroxyl groups excluding tert-OH is 1. The van der Waals surface area contributed by atoms with Crippen molar-refractivity contribution in [3.05, 3.63) is 18.2 Å². The van der Waals surface area contributed by atoms with Gasteiger partial charge in [0.05, 0.1) is 18.7 Å². The molecule has 3 rings (SSSR count). The zero-order valence-corrected chi connectivity index (χ0v) is 10.2. The summed E-state index contributed by atoms with van der Waals surface area (Å²) in [5, 5.41) is 20.5. The highest BCUT2D eigenvalue weighted by Crippen LogP contribution is 2.20. The average Bonchev–Trinajstić information content (AvgIpc) is 2.83. The second kappa shape index (κ2) is 4.91. The Morgan fingerprint density at radius 3 is 2.89 bits per heavy atom. The second-order valence-electron chi connectivity index (χ2n) is 4.45. The van der Waals surface area contributed by atoms with Crippen LogP contribution in [0, 0.1) is 0 Å². The van der Waals surface area contributed by atoms with Gasteiger partial charge in [0.25, 0.3) is 0 Å². The summed E-state index contributed by atoms with van der Waals surface area (Å²) < 4.78 is 1.73. The van der Waals surface area contributed by atoms with E-state index in [9.17, 15) is 0 Å². The molecule has 1 aromatic carbocycles. The van der Waals surface area contributed by atoms with E-state index in [1.165, 1.54) is 5.69 Å². The number of nitrogens with zero attached hydrogens (tertiary/aromatic N) is 4. The summed E-state index contributed by atoms with van der Waals surface area (Å²) in [6.45, 7) is 4.67. The van der Waals surface area contributed by atoms with E-state index in [2.05, 4.69) is 32.7 Å². The first-order valence-electron chi connectivity index (χ1n) is 6.28. The Morgan fingerprint density at radius 1 is 1.28 bits per heavy atom. The monoisotopic (exact) mass is 247 g/mol. The number of aromatic nitrogens is 3. The quantitative estimate of drug-likeness (QED) is 0.788. The Kier molecular flexibility index (Phi) is 3.12. The number of rotatable bonds is 3. The highest BCUT2D eigenvalue weighted by molar-refractivity contribution is 5.79. The third-order valence-electron chi connectivity index (χ3n) is 3.29. The van der Waals surface area contributed by atoms with Gasteiger partial charge in [-0.2, -0.15) is 0 Å². The lowest BCUT2D eigenvalue weighted by molar-refractivity contribution is 0.270. The summed E-state index contributed by atoms with van der Waals surface area (Å²) in [5.41, 5.74) is 3.06. The molecule has 1 saturated heterocycles. The smallest absolute Gasteiger partial charge is 0.115 e. The maximum atomic E-state index is 8.95. The summed E-state index contributed by atoms with van der Waals surface area (Å²) in [5.74, 6) is 0. The molecule has 0 amide bonds. The molecule has 96 valence electrons. The van der Waals surface area contributed by atoms with Gasteiger partial charge in [-0.25, -0.2) is 4.68 Å². The average molecular weight is 247 g/mol. The maximum absolute atomic E-state index is 8.95. The zero-order chi connectivity index (χ0) is 12.4. The van der Waals surface area contributed by atoms with E-state index in [1.807, 2.05) is 6.07 Å². The van der Waals surface area contributed by atoms with Gasteiger partial charge in [0.2, 0.25) is 0 Å². The molecule has 1 fully saturated rings. The van der Waals surface area contributed by atoms with Gasteiger partial charge in [0, 0.05) is 31.9 Å². The van der Waals surface area contributed by atoms with E-state index in [4.69, 9.17) is 5.11 Å². The van der Waals surface area contributed by atoms with Crippen LogP contribution in [0.5, 0.6) is 0 Å². The molecule has 18 heavy (non-hydrogen) atoms. The Hall–Kier alpha value is -1.66. The SMILES string of the molecule is OCCn1nnc2cc(N3CCNCC3)ccc21. The molecule has 1 aliphatic heterocycles. The number of piperazine rings is 1. The molecule has 2 N–H and O–H groups in total. The second-order valence-corrected chi connectivity index (χ2v) is 4.45. The molecule has 0 saturated carbocycles. The Labute approximate surface area is 105 Å². The van der Waals surface area contributed by atoms with Gasteiger partial charge in [-0.15, -0.1) is 5.10 Å². The van der Waals surface area contributed by atoms with E-state index in [1.54, 1.807) is 4.68 Å². The van der Waals surface area contributed by atoms with Crippen molar-refractivity contribution in [1.29, 1.82) is 0 Å². The molecule has 2 aromatic rings. The molecule has 6 nitrogen and oxygen atoms in total. The summed E-state index contributed by atoms with van der Waals surface area (Å²) in [4.78, 5) is 2.35. The number of benzene rings is 1. The van der Waals surface area contributed by atoms with Crippen LogP contribution >= 0.6 is 0 Å². The molecule has 6 heteroatoms. The molecule has 0 aliphatic carbocycles. The van der Waals surface area contributed by atoms with E-state index in [-0.39, 0.29) is 6.61 Å². The lowest BCUT2D eigenvalue weighted by Gasteiger charge is -2.29. The fraction of sp³-hybridized carbons (Fsp3) is 0.500. The molecule has 0 spiro atoms. The van der Waals surface area contributed by atoms with Crippen LogP contribution in [0.2, 0.25) is 0 Å². The van der Waals surface area contributed by atoms with Crippen LogP contribution in [0.15, 0.2) is 18.2 Å². The molecular formula is C12H17N5O. The van der Waals surface area contributed by atoms with Crippen molar-refractivity contribution in [2.24, 2.45) is 0 Å². The summed E-state index contributed by atoms with van der Waals surface area (Å²) in [6.07, 6.45) is 0. The largest absolute Gasteiger partial charge is 0.394 e. The van der Waals surface area contributed by atoms with Crippen LogP contribution in [-0.4, -0.2) is 52.9 Å². The van der Waals surface area contributed by atoms with E-state index in [0.717, 1.165) is 37.2 Å². The standard InChI is InChI=1S/C12H17N5O/c18-8-7-17-12-2-1-10(9-11(12)14-15-17)16-5-3-13-4-6-16/h1-2,9,13,18H,3-8H2. The molecule has 2 heterocycles. The molecule has 1 aliphatic rings. The number of nitrogens with one attached hydrogen (secondary N) is 1. The number of anilines is 1. The minimum atomic E-state index is 0.0814. The van der Waals surface area contributed by atoms with Gasteiger partial charge in [-0.3, -0.25) is 0 Å². The fourth-order valence-electron chi connectivity index (χ4n) is 2.34. The third-order valence-corrected chi connectivity index (χ3v) is 3.29. The minimum absolute atomic E-state index is 0.0814. The molecule has 0 radical (unpaired) electrons. The predicted octanol–water partition coefficient (Wildman–Crippen LogP) is -0.167. The lowest BCUT2D eigenvalue weighted by Crippen LogP contribution is -2.43. The van der Waals surface area contributed by atoms with Crippen molar-refractivity contribution in [3.8, 4) is 0 Å². The van der Waals surface area contributed by atoms with Crippen molar-refractivity contribution in [1.82, 2.24) is 20.3 Å². The minimum Gasteiger partial charge on any atom is -0.394 e. The molecule has 0 bridgehead atoms. The lowest BCUT2D eigenvalue weighted by atomic mass is 10.2. The summed E-state index contributed by atoms with van der Waals surface area (Å²) in [6, 6.07) is 6.20. The van der Waals surface area contributed by atoms with Gasteiger partial charge >= 0.3 is 0 Å². The summed E-state index contributed by atoms with van der Waals surface area (Å²) >= 11 is 0. The fourth-order valence-corrected chi connectivity index (χ4v) is 2.34. The van der Waals surface area contributed by atoms with Crippen molar-refractivity contribution < 1.29 is 5.11 Å². The van der Waals surface area contributed by atoms with Gasteiger partial charge in [-0.05, 0) is 18.2 Å². The number of fused-ring (bicyclic) bond motifs is 1. The molecular weight excluding hydrogens is 230 g/mol. The Balaban J connectivity index is 1.91. The van der Waals surface area contributed by atoms with Crippen LogP contribution in [-0.2, 0) is 6.54 Å². The number of aliphatic hydroxyl groups is 1. The van der Waals surface area contributed by atoms with Crippen molar-refractivity contribution >= 4 is 16.7 Å². The molecule has 0 unspecified atom stereocenters. The van der Waals surface area contributed by atoms with Gasteiger partial charge in [0.15, 0.2) is 0 Å². The van der Waals surface area contributed by atoms with Crippen molar-refractivity contribution in [2.75, 3.05) is 37.7 Å². The first-order chi connectivity index (χ1) is 8.88.